The number of rotatable bonds is 8. The maximum Gasteiger partial charge on any atom is 0.264 e. The Hall–Kier alpha value is -1.92. The molecule has 0 aliphatic carbocycles. The molecule has 0 aliphatic heterocycles. The molecule has 6 heteroatoms. The first-order valence-electron chi connectivity index (χ1n) is 6.63. The minimum atomic E-state index is -0.379. The summed E-state index contributed by atoms with van der Waals surface area (Å²) in [6.07, 6.45) is 0.954. The summed E-state index contributed by atoms with van der Waals surface area (Å²) in [6, 6.07) is 9.07. The van der Waals surface area contributed by atoms with Gasteiger partial charge in [-0.2, -0.15) is 4.98 Å². The highest BCUT2D eigenvalue weighted by atomic mass is 16.5. The molecule has 0 aliphatic rings. The number of aromatic nitrogens is 2. The molecule has 1 aromatic carbocycles. The summed E-state index contributed by atoms with van der Waals surface area (Å²) in [5.74, 6) is 1.59. The number of nitrogens with two attached hydrogens (primary N) is 1. The number of nitrogens with zero attached hydrogens (tertiary/aromatic N) is 2. The topological polar surface area (TPSA) is 83.4 Å². The van der Waals surface area contributed by atoms with Gasteiger partial charge in [-0.3, -0.25) is 0 Å². The average molecular weight is 277 g/mol. The molecule has 0 saturated carbocycles. The molecule has 6 nitrogen and oxygen atoms in total. The van der Waals surface area contributed by atoms with Crippen LogP contribution < -0.4 is 10.5 Å². The van der Waals surface area contributed by atoms with Gasteiger partial charge < -0.3 is 19.7 Å². The van der Waals surface area contributed by atoms with E-state index in [0.29, 0.717) is 24.9 Å². The molecule has 0 saturated heterocycles. The van der Waals surface area contributed by atoms with E-state index in [2.05, 4.69) is 10.1 Å². The molecule has 108 valence electrons. The normalized spacial score (nSPS) is 12.3. The van der Waals surface area contributed by atoms with E-state index in [0.717, 1.165) is 12.2 Å². The van der Waals surface area contributed by atoms with Crippen LogP contribution >= 0.6 is 0 Å². The smallest absolute Gasteiger partial charge is 0.264 e. The van der Waals surface area contributed by atoms with Gasteiger partial charge in [-0.1, -0.05) is 30.3 Å². The molecule has 2 rings (SSSR count). The lowest BCUT2D eigenvalue weighted by Crippen LogP contribution is -2.19. The molecule has 0 spiro atoms. The molecule has 1 unspecified atom stereocenters. The van der Waals surface area contributed by atoms with Crippen LogP contribution in [-0.2, 0) is 11.3 Å². The van der Waals surface area contributed by atoms with E-state index in [9.17, 15) is 0 Å². The van der Waals surface area contributed by atoms with Gasteiger partial charge in [-0.15, -0.1) is 0 Å². The highest BCUT2D eigenvalue weighted by Gasteiger charge is 2.14. The Bertz CT molecular complexity index is 501. The number of ether oxygens (including phenoxy) is 2. The van der Waals surface area contributed by atoms with Crippen LogP contribution in [0.3, 0.4) is 0 Å². The van der Waals surface area contributed by atoms with Gasteiger partial charge in [0.15, 0.2) is 12.4 Å². The van der Waals surface area contributed by atoms with E-state index in [4.69, 9.17) is 19.7 Å². The van der Waals surface area contributed by atoms with Gasteiger partial charge >= 0.3 is 0 Å². The monoisotopic (exact) mass is 277 g/mol. The Morgan fingerprint density at radius 2 is 2.10 bits per heavy atom. The SMILES string of the molecule is CCCOCC(N)c1noc(COc2ccccc2)n1. The van der Waals surface area contributed by atoms with Crippen molar-refractivity contribution in [2.75, 3.05) is 13.2 Å². The van der Waals surface area contributed by atoms with Gasteiger partial charge in [-0.05, 0) is 18.6 Å². The lowest BCUT2D eigenvalue weighted by molar-refractivity contribution is 0.119. The van der Waals surface area contributed by atoms with Gasteiger partial charge in [0.05, 0.1) is 12.6 Å². The molecular formula is C14H19N3O3. The number of benzene rings is 1. The van der Waals surface area contributed by atoms with Gasteiger partial charge in [0.2, 0.25) is 0 Å². The Labute approximate surface area is 117 Å². The predicted octanol–water partition coefficient (Wildman–Crippen LogP) is 2.08. The fraction of sp³-hybridized carbons (Fsp3) is 0.429. The van der Waals surface area contributed by atoms with Crippen molar-refractivity contribution >= 4 is 0 Å². The zero-order valence-corrected chi connectivity index (χ0v) is 11.5. The van der Waals surface area contributed by atoms with Crippen molar-refractivity contribution in [2.24, 2.45) is 5.73 Å². The van der Waals surface area contributed by atoms with Gasteiger partial charge in [0.1, 0.15) is 5.75 Å². The summed E-state index contributed by atoms with van der Waals surface area (Å²) in [6.45, 7) is 3.32. The van der Waals surface area contributed by atoms with Crippen LogP contribution in [0.4, 0.5) is 0 Å². The maximum absolute atomic E-state index is 5.91. The second kappa shape index (κ2) is 7.62. The first kappa shape index (κ1) is 14.5. The maximum atomic E-state index is 5.91. The number of para-hydroxylation sites is 1. The summed E-state index contributed by atoms with van der Waals surface area (Å²) >= 11 is 0. The number of hydrogen-bond donors (Lipinski definition) is 1. The summed E-state index contributed by atoms with van der Waals surface area (Å²) in [5.41, 5.74) is 5.91. The summed E-state index contributed by atoms with van der Waals surface area (Å²) in [7, 11) is 0. The minimum Gasteiger partial charge on any atom is -0.484 e. The van der Waals surface area contributed by atoms with Crippen LogP contribution in [0.2, 0.25) is 0 Å². The van der Waals surface area contributed by atoms with Crippen LogP contribution in [0.5, 0.6) is 5.75 Å². The fourth-order valence-electron chi connectivity index (χ4n) is 1.57. The number of hydrogen-bond acceptors (Lipinski definition) is 6. The summed E-state index contributed by atoms with van der Waals surface area (Å²) < 4.78 is 16.0. The standard InChI is InChI=1S/C14H19N3O3/c1-2-8-18-9-12(15)14-16-13(20-17-14)10-19-11-6-4-3-5-7-11/h3-7,12H,2,8-10,15H2,1H3. The minimum absolute atomic E-state index is 0.222. The third kappa shape index (κ3) is 4.32. The predicted molar refractivity (Wildman–Crippen MR) is 73.1 cm³/mol. The van der Waals surface area contributed by atoms with E-state index in [1.54, 1.807) is 0 Å². The van der Waals surface area contributed by atoms with Crippen molar-refractivity contribution < 1.29 is 14.0 Å². The Kier molecular flexibility index (Phi) is 5.52. The second-order valence-electron chi connectivity index (χ2n) is 4.33. The van der Waals surface area contributed by atoms with Gasteiger partial charge in [0.25, 0.3) is 5.89 Å². The molecule has 0 bridgehead atoms. The Morgan fingerprint density at radius 1 is 1.30 bits per heavy atom. The van der Waals surface area contributed by atoms with Crippen LogP contribution in [0.15, 0.2) is 34.9 Å². The lowest BCUT2D eigenvalue weighted by Gasteiger charge is -2.06. The quantitative estimate of drug-likeness (QED) is 0.744. The van der Waals surface area contributed by atoms with Gasteiger partial charge in [-0.25, -0.2) is 0 Å². The molecule has 2 N–H and O–H groups in total. The van der Waals surface area contributed by atoms with Crippen LogP contribution in [0.25, 0.3) is 0 Å². The Morgan fingerprint density at radius 3 is 2.85 bits per heavy atom. The van der Waals surface area contributed by atoms with Crippen LogP contribution in [0.1, 0.15) is 31.1 Å². The van der Waals surface area contributed by atoms with Crippen molar-refractivity contribution in [3.8, 4) is 5.75 Å². The molecule has 1 aromatic heterocycles. The van der Waals surface area contributed by atoms with Crippen molar-refractivity contribution in [2.45, 2.75) is 26.0 Å². The highest BCUT2D eigenvalue weighted by Crippen LogP contribution is 2.12. The Balaban J connectivity index is 1.82. The lowest BCUT2D eigenvalue weighted by atomic mass is 10.3. The van der Waals surface area contributed by atoms with E-state index in [1.165, 1.54) is 0 Å². The third-order valence-electron chi connectivity index (χ3n) is 2.57. The van der Waals surface area contributed by atoms with E-state index in [1.807, 2.05) is 37.3 Å². The first-order chi connectivity index (χ1) is 9.79. The molecule has 0 amide bonds. The largest absolute Gasteiger partial charge is 0.484 e. The van der Waals surface area contributed by atoms with Crippen molar-refractivity contribution in [1.29, 1.82) is 0 Å². The zero-order chi connectivity index (χ0) is 14.2. The van der Waals surface area contributed by atoms with E-state index >= 15 is 0 Å². The molecule has 0 radical (unpaired) electrons. The molecule has 1 atom stereocenters. The zero-order valence-electron chi connectivity index (χ0n) is 11.5. The molecule has 0 fully saturated rings. The van der Waals surface area contributed by atoms with Crippen LogP contribution in [0, 0.1) is 0 Å². The van der Waals surface area contributed by atoms with E-state index < -0.39 is 0 Å². The summed E-state index contributed by atoms with van der Waals surface area (Å²) in [5, 5.41) is 3.84. The van der Waals surface area contributed by atoms with Crippen LogP contribution in [-0.4, -0.2) is 23.4 Å². The molecule has 1 heterocycles. The average Bonchev–Trinajstić information content (AvgIpc) is 2.95. The molecule has 20 heavy (non-hydrogen) atoms. The van der Waals surface area contributed by atoms with Crippen molar-refractivity contribution in [1.82, 2.24) is 10.1 Å². The van der Waals surface area contributed by atoms with Crippen molar-refractivity contribution in [3.63, 3.8) is 0 Å². The third-order valence-corrected chi connectivity index (χ3v) is 2.57. The summed E-state index contributed by atoms with van der Waals surface area (Å²) in [4.78, 5) is 4.20. The van der Waals surface area contributed by atoms with Gasteiger partial charge in [0, 0.05) is 6.61 Å². The van der Waals surface area contributed by atoms with Crippen molar-refractivity contribution in [3.05, 3.63) is 42.0 Å². The highest BCUT2D eigenvalue weighted by molar-refractivity contribution is 5.20. The van der Waals surface area contributed by atoms with E-state index in [-0.39, 0.29) is 12.6 Å². The first-order valence-corrected chi connectivity index (χ1v) is 6.63. The molecular weight excluding hydrogens is 258 g/mol. The second-order valence-corrected chi connectivity index (χ2v) is 4.33. The molecule has 2 aromatic rings. The fourth-order valence-corrected chi connectivity index (χ4v) is 1.57.